The van der Waals surface area contributed by atoms with E-state index in [2.05, 4.69) is 21.6 Å². The lowest BCUT2D eigenvalue weighted by Gasteiger charge is -2.03. The van der Waals surface area contributed by atoms with Gasteiger partial charge in [0.25, 0.3) is 5.91 Å². The van der Waals surface area contributed by atoms with E-state index in [0.717, 1.165) is 11.3 Å². The molecule has 6 heteroatoms. The summed E-state index contributed by atoms with van der Waals surface area (Å²) >= 11 is 0. The van der Waals surface area contributed by atoms with Crippen molar-refractivity contribution in [2.45, 2.75) is 6.54 Å². The Hall–Kier alpha value is -3.46. The Bertz CT molecular complexity index is 847. The van der Waals surface area contributed by atoms with E-state index in [0.29, 0.717) is 12.1 Å². The normalized spacial score (nSPS) is 10.0. The third kappa shape index (κ3) is 3.41. The molecule has 0 unspecified atom stereocenters. The molecule has 0 aliphatic carbocycles. The number of rotatable bonds is 4. The first-order valence-corrected chi connectivity index (χ1v) is 7.01. The van der Waals surface area contributed by atoms with Gasteiger partial charge < -0.3 is 5.32 Å². The van der Waals surface area contributed by atoms with E-state index in [9.17, 15) is 4.79 Å². The fourth-order valence-electron chi connectivity index (χ4n) is 2.02. The summed E-state index contributed by atoms with van der Waals surface area (Å²) in [5.74, 6) is -0.295. The second-order valence-electron chi connectivity index (χ2n) is 4.85. The number of benzene rings is 2. The lowest BCUT2D eigenvalue weighted by Crippen LogP contribution is -2.23. The average Bonchev–Trinajstić information content (AvgIpc) is 3.11. The molecule has 0 aliphatic rings. The summed E-state index contributed by atoms with van der Waals surface area (Å²) in [5.41, 5.74) is 2.54. The molecule has 0 radical (unpaired) electrons. The number of nitriles is 1. The van der Waals surface area contributed by atoms with Gasteiger partial charge in [-0.05, 0) is 29.8 Å². The maximum absolute atomic E-state index is 12.1. The highest BCUT2D eigenvalue weighted by atomic mass is 16.2. The van der Waals surface area contributed by atoms with Crippen molar-refractivity contribution in [1.82, 2.24) is 20.3 Å². The first-order valence-electron chi connectivity index (χ1n) is 7.01. The van der Waals surface area contributed by atoms with Crippen molar-refractivity contribution < 1.29 is 4.79 Å². The molecule has 0 bridgehead atoms. The molecule has 0 saturated heterocycles. The quantitative estimate of drug-likeness (QED) is 0.799. The number of amides is 1. The van der Waals surface area contributed by atoms with Gasteiger partial charge in [-0.15, -0.1) is 5.10 Å². The molecule has 0 aliphatic heterocycles. The Morgan fingerprint density at radius 1 is 1.13 bits per heavy atom. The molecule has 0 spiro atoms. The molecular formula is C17H13N5O. The summed E-state index contributed by atoms with van der Waals surface area (Å²) in [6.45, 7) is 0.364. The van der Waals surface area contributed by atoms with Crippen molar-refractivity contribution in [2.75, 3.05) is 0 Å². The molecule has 1 amide bonds. The molecule has 0 fully saturated rings. The molecule has 2 aromatic carbocycles. The molecule has 3 aromatic rings. The van der Waals surface area contributed by atoms with E-state index in [1.54, 1.807) is 24.3 Å². The number of nitrogens with zero attached hydrogens (tertiary/aromatic N) is 4. The lowest BCUT2D eigenvalue weighted by molar-refractivity contribution is 0.0945. The average molecular weight is 303 g/mol. The molecule has 3 rings (SSSR count). The van der Waals surface area contributed by atoms with Crippen LogP contribution in [0.1, 0.15) is 21.6 Å². The number of nitrogens with one attached hydrogen (secondary N) is 1. The van der Waals surface area contributed by atoms with Gasteiger partial charge in [0.2, 0.25) is 0 Å². The summed E-state index contributed by atoms with van der Waals surface area (Å²) in [6.07, 6.45) is 1.43. The Labute approximate surface area is 133 Å². The summed E-state index contributed by atoms with van der Waals surface area (Å²) in [6, 6.07) is 18.5. The third-order valence-electron chi connectivity index (χ3n) is 3.25. The van der Waals surface area contributed by atoms with Crippen LogP contribution in [0.2, 0.25) is 0 Å². The molecule has 0 atom stereocenters. The van der Waals surface area contributed by atoms with Gasteiger partial charge in [0.05, 0.1) is 23.5 Å². The number of para-hydroxylation sites is 1. The highest BCUT2D eigenvalue weighted by molar-refractivity contribution is 5.91. The minimum Gasteiger partial charge on any atom is -0.347 e. The molecule has 1 heterocycles. The monoisotopic (exact) mass is 303 g/mol. The Morgan fingerprint density at radius 3 is 2.57 bits per heavy atom. The first kappa shape index (κ1) is 14.5. The fourth-order valence-corrected chi connectivity index (χ4v) is 2.02. The summed E-state index contributed by atoms with van der Waals surface area (Å²) < 4.78 is 0. The zero-order valence-electron chi connectivity index (χ0n) is 12.2. The summed E-state index contributed by atoms with van der Waals surface area (Å²) in [4.78, 5) is 13.5. The van der Waals surface area contributed by atoms with Crippen molar-refractivity contribution in [1.29, 1.82) is 5.26 Å². The predicted molar refractivity (Wildman–Crippen MR) is 83.7 cm³/mol. The minimum atomic E-state index is -0.295. The van der Waals surface area contributed by atoms with Crippen LogP contribution in [0.15, 0.2) is 60.8 Å². The zero-order chi connectivity index (χ0) is 16.1. The SMILES string of the molecule is N#Cc1ccc(CNC(=O)c2cnn(-c3ccccc3)n2)cc1. The third-order valence-corrected chi connectivity index (χ3v) is 3.25. The van der Waals surface area contributed by atoms with Crippen LogP contribution in [-0.2, 0) is 6.54 Å². The van der Waals surface area contributed by atoms with Crippen LogP contribution in [0.3, 0.4) is 0 Å². The Morgan fingerprint density at radius 2 is 1.87 bits per heavy atom. The molecular weight excluding hydrogens is 290 g/mol. The zero-order valence-corrected chi connectivity index (χ0v) is 12.2. The summed E-state index contributed by atoms with van der Waals surface area (Å²) in [5, 5.41) is 19.8. The second-order valence-corrected chi connectivity index (χ2v) is 4.85. The van der Waals surface area contributed by atoms with E-state index in [-0.39, 0.29) is 11.6 Å². The number of carbonyl (C=O) groups is 1. The number of hydrogen-bond acceptors (Lipinski definition) is 4. The number of hydrogen-bond donors (Lipinski definition) is 1. The maximum atomic E-state index is 12.1. The van der Waals surface area contributed by atoms with Crippen molar-refractivity contribution >= 4 is 5.91 Å². The predicted octanol–water partition coefficient (Wildman–Crippen LogP) is 2.07. The topological polar surface area (TPSA) is 83.6 Å². The molecule has 6 nitrogen and oxygen atoms in total. The van der Waals surface area contributed by atoms with Crippen molar-refractivity contribution in [2.24, 2.45) is 0 Å². The van der Waals surface area contributed by atoms with Gasteiger partial charge in [0.15, 0.2) is 5.69 Å². The van der Waals surface area contributed by atoms with E-state index >= 15 is 0 Å². The van der Waals surface area contributed by atoms with Gasteiger partial charge >= 0.3 is 0 Å². The molecule has 1 aromatic heterocycles. The van der Waals surface area contributed by atoms with E-state index in [1.807, 2.05) is 30.3 Å². The van der Waals surface area contributed by atoms with Gasteiger partial charge in [0.1, 0.15) is 0 Å². The van der Waals surface area contributed by atoms with E-state index in [1.165, 1.54) is 11.0 Å². The van der Waals surface area contributed by atoms with Crippen LogP contribution >= 0.6 is 0 Å². The fraction of sp³-hybridized carbons (Fsp3) is 0.0588. The summed E-state index contributed by atoms with van der Waals surface area (Å²) in [7, 11) is 0. The van der Waals surface area contributed by atoms with Gasteiger partial charge in [-0.25, -0.2) is 0 Å². The van der Waals surface area contributed by atoms with Gasteiger partial charge in [-0.3, -0.25) is 4.79 Å². The van der Waals surface area contributed by atoms with Crippen molar-refractivity contribution in [3.63, 3.8) is 0 Å². The smallest absolute Gasteiger partial charge is 0.273 e. The number of carbonyl (C=O) groups excluding carboxylic acids is 1. The van der Waals surface area contributed by atoms with Crippen molar-refractivity contribution in [3.05, 3.63) is 77.6 Å². The standard InChI is InChI=1S/C17H13N5O/c18-10-13-6-8-14(9-7-13)11-19-17(23)16-12-20-22(21-16)15-4-2-1-3-5-15/h1-9,12H,11H2,(H,19,23). The van der Waals surface area contributed by atoms with Crippen LogP contribution < -0.4 is 5.32 Å². The van der Waals surface area contributed by atoms with E-state index in [4.69, 9.17) is 5.26 Å². The van der Waals surface area contributed by atoms with Gasteiger partial charge in [0, 0.05) is 6.54 Å². The lowest BCUT2D eigenvalue weighted by atomic mass is 10.1. The number of aromatic nitrogens is 3. The van der Waals surface area contributed by atoms with Crippen LogP contribution in [0.25, 0.3) is 5.69 Å². The van der Waals surface area contributed by atoms with Crippen LogP contribution in [0, 0.1) is 11.3 Å². The van der Waals surface area contributed by atoms with Gasteiger partial charge in [-0.2, -0.15) is 15.2 Å². The molecule has 112 valence electrons. The molecule has 0 saturated carbocycles. The van der Waals surface area contributed by atoms with Crippen LogP contribution in [0.4, 0.5) is 0 Å². The first-order chi connectivity index (χ1) is 11.3. The largest absolute Gasteiger partial charge is 0.347 e. The molecule has 23 heavy (non-hydrogen) atoms. The minimum absolute atomic E-state index is 0.252. The van der Waals surface area contributed by atoms with Crippen molar-refractivity contribution in [3.8, 4) is 11.8 Å². The highest BCUT2D eigenvalue weighted by Gasteiger charge is 2.11. The maximum Gasteiger partial charge on any atom is 0.273 e. The Balaban J connectivity index is 1.64. The van der Waals surface area contributed by atoms with E-state index < -0.39 is 0 Å². The van der Waals surface area contributed by atoms with Crippen LogP contribution in [0.5, 0.6) is 0 Å². The van der Waals surface area contributed by atoms with Crippen LogP contribution in [-0.4, -0.2) is 20.9 Å². The second kappa shape index (κ2) is 6.54. The molecule has 1 N–H and O–H groups in total. The van der Waals surface area contributed by atoms with Gasteiger partial charge in [-0.1, -0.05) is 30.3 Å². The highest BCUT2D eigenvalue weighted by Crippen LogP contribution is 2.05. The Kier molecular flexibility index (Phi) is 4.11.